The molecule has 1 unspecified atom stereocenters. The van der Waals surface area contributed by atoms with Crippen LogP contribution in [0.1, 0.15) is 38.2 Å². The van der Waals surface area contributed by atoms with Gasteiger partial charge in [0.05, 0.1) is 11.6 Å². The highest BCUT2D eigenvalue weighted by Gasteiger charge is 2.29. The highest BCUT2D eigenvalue weighted by Crippen LogP contribution is 2.41. The monoisotopic (exact) mass is 320 g/mol. The Hall–Kier alpha value is -1.83. The summed E-state index contributed by atoms with van der Waals surface area (Å²) < 4.78 is 13.3. The second-order valence-corrected chi connectivity index (χ2v) is 5.77. The van der Waals surface area contributed by atoms with E-state index in [0.29, 0.717) is 23.4 Å². The molecule has 1 heterocycles. The Kier molecular flexibility index (Phi) is 5.23. The molecule has 1 aromatic rings. The molecule has 3 nitrogen and oxygen atoms in total. The molecular formula is C17H18ClFN2O. The molecule has 5 heteroatoms. The lowest BCUT2D eigenvalue weighted by atomic mass is 9.81. The molecule has 0 radical (unpaired) electrons. The highest BCUT2D eigenvalue weighted by atomic mass is 35.5. The van der Waals surface area contributed by atoms with Gasteiger partial charge in [-0.1, -0.05) is 17.7 Å². The molecule has 0 aliphatic carbocycles. The predicted molar refractivity (Wildman–Crippen MR) is 84.6 cm³/mol. The van der Waals surface area contributed by atoms with Gasteiger partial charge in [0, 0.05) is 28.9 Å². The standard InChI is InChI=1S/C17H18ClFN2O/c1-10-16(4-3-7-22)21-11(2)14(9-20)17(10)13-6-5-12(19)8-15(13)18/h5-6,8,17,21-22H,3-4,7H2,1-2H3. The zero-order chi connectivity index (χ0) is 16.3. The van der Waals surface area contributed by atoms with Gasteiger partial charge in [-0.15, -0.1) is 0 Å². The maximum atomic E-state index is 13.3. The van der Waals surface area contributed by atoms with Crippen molar-refractivity contribution in [2.75, 3.05) is 6.61 Å². The fourth-order valence-corrected chi connectivity index (χ4v) is 3.06. The number of nitrogens with zero attached hydrogens (tertiary/aromatic N) is 1. The van der Waals surface area contributed by atoms with Gasteiger partial charge in [-0.2, -0.15) is 5.26 Å². The van der Waals surface area contributed by atoms with Crippen molar-refractivity contribution in [3.05, 3.63) is 57.1 Å². The fourth-order valence-electron chi connectivity index (χ4n) is 2.79. The van der Waals surface area contributed by atoms with Crippen LogP contribution < -0.4 is 5.32 Å². The summed E-state index contributed by atoms with van der Waals surface area (Å²) in [6.07, 6.45) is 1.33. The summed E-state index contributed by atoms with van der Waals surface area (Å²) in [7, 11) is 0. The number of aliphatic hydroxyl groups is 1. The molecule has 1 aliphatic rings. The minimum absolute atomic E-state index is 0.105. The second-order valence-electron chi connectivity index (χ2n) is 5.36. The molecule has 0 saturated heterocycles. The van der Waals surface area contributed by atoms with E-state index in [2.05, 4.69) is 11.4 Å². The fraction of sp³-hybridized carbons (Fsp3) is 0.353. The largest absolute Gasteiger partial charge is 0.396 e. The molecule has 0 amide bonds. The summed E-state index contributed by atoms with van der Waals surface area (Å²) in [5.74, 6) is -0.683. The lowest BCUT2D eigenvalue weighted by Crippen LogP contribution is -2.24. The Morgan fingerprint density at radius 3 is 2.73 bits per heavy atom. The van der Waals surface area contributed by atoms with E-state index in [1.54, 1.807) is 6.07 Å². The van der Waals surface area contributed by atoms with Gasteiger partial charge in [-0.25, -0.2) is 4.39 Å². The van der Waals surface area contributed by atoms with Crippen LogP contribution in [0.4, 0.5) is 4.39 Å². The van der Waals surface area contributed by atoms with Gasteiger partial charge in [-0.05, 0) is 50.0 Å². The van der Waals surface area contributed by atoms with Crippen LogP contribution in [0.5, 0.6) is 0 Å². The first-order valence-corrected chi connectivity index (χ1v) is 7.50. The lowest BCUT2D eigenvalue weighted by Gasteiger charge is -2.30. The van der Waals surface area contributed by atoms with Crippen LogP contribution >= 0.6 is 11.6 Å². The minimum Gasteiger partial charge on any atom is -0.396 e. The Balaban J connectivity index is 2.53. The molecule has 0 aromatic heterocycles. The summed E-state index contributed by atoms with van der Waals surface area (Å²) in [5.41, 5.74) is 4.03. The topological polar surface area (TPSA) is 56.0 Å². The third-order valence-corrected chi connectivity index (χ3v) is 4.25. The molecule has 0 fully saturated rings. The molecule has 1 aliphatic heterocycles. The van der Waals surface area contributed by atoms with E-state index in [1.807, 2.05) is 13.8 Å². The van der Waals surface area contributed by atoms with E-state index in [9.17, 15) is 9.65 Å². The molecular weight excluding hydrogens is 303 g/mol. The summed E-state index contributed by atoms with van der Waals surface area (Å²) in [5, 5.41) is 22.1. The zero-order valence-electron chi connectivity index (χ0n) is 12.6. The number of dihydropyridines is 1. The van der Waals surface area contributed by atoms with Crippen molar-refractivity contribution < 1.29 is 9.50 Å². The van der Waals surface area contributed by atoms with E-state index >= 15 is 0 Å². The summed E-state index contributed by atoms with van der Waals surface area (Å²) in [4.78, 5) is 0. The molecule has 2 rings (SSSR count). The van der Waals surface area contributed by atoms with E-state index in [0.717, 1.165) is 22.5 Å². The number of nitriles is 1. The molecule has 0 bridgehead atoms. The summed E-state index contributed by atoms with van der Waals surface area (Å²) >= 11 is 6.20. The minimum atomic E-state index is -0.399. The van der Waals surface area contributed by atoms with Gasteiger partial charge in [0.2, 0.25) is 0 Å². The van der Waals surface area contributed by atoms with Crippen molar-refractivity contribution >= 4 is 11.6 Å². The third-order valence-electron chi connectivity index (χ3n) is 3.92. The lowest BCUT2D eigenvalue weighted by molar-refractivity contribution is 0.287. The van der Waals surface area contributed by atoms with E-state index in [1.165, 1.54) is 12.1 Å². The normalized spacial score (nSPS) is 18.3. The second kappa shape index (κ2) is 6.95. The van der Waals surface area contributed by atoms with Crippen molar-refractivity contribution in [1.29, 1.82) is 5.26 Å². The number of halogens is 2. The van der Waals surface area contributed by atoms with Gasteiger partial charge >= 0.3 is 0 Å². The van der Waals surface area contributed by atoms with E-state index in [-0.39, 0.29) is 12.5 Å². The smallest absolute Gasteiger partial charge is 0.124 e. The molecule has 0 saturated carbocycles. The van der Waals surface area contributed by atoms with Crippen molar-refractivity contribution in [3.63, 3.8) is 0 Å². The van der Waals surface area contributed by atoms with Gasteiger partial charge < -0.3 is 10.4 Å². The predicted octanol–water partition coefficient (Wildman–Crippen LogP) is 4.01. The summed E-state index contributed by atoms with van der Waals surface area (Å²) in [6, 6.07) is 6.49. The first-order valence-electron chi connectivity index (χ1n) is 7.13. The van der Waals surface area contributed by atoms with Gasteiger partial charge in [0.25, 0.3) is 0 Å². The molecule has 2 N–H and O–H groups in total. The van der Waals surface area contributed by atoms with Crippen LogP contribution in [0.2, 0.25) is 5.02 Å². The molecule has 1 atom stereocenters. The van der Waals surface area contributed by atoms with Crippen LogP contribution in [-0.2, 0) is 0 Å². The van der Waals surface area contributed by atoms with Crippen LogP contribution in [0.25, 0.3) is 0 Å². The number of benzene rings is 1. The number of aliphatic hydroxyl groups excluding tert-OH is 1. The Labute approximate surface area is 134 Å². The van der Waals surface area contributed by atoms with Gasteiger partial charge in [0.1, 0.15) is 5.82 Å². The average molecular weight is 321 g/mol. The van der Waals surface area contributed by atoms with Crippen LogP contribution in [-0.4, -0.2) is 11.7 Å². The maximum Gasteiger partial charge on any atom is 0.124 e. The van der Waals surface area contributed by atoms with Gasteiger partial charge in [0.15, 0.2) is 0 Å². The quantitative estimate of drug-likeness (QED) is 0.881. The zero-order valence-corrected chi connectivity index (χ0v) is 13.3. The number of rotatable bonds is 4. The SMILES string of the molecule is CC1=C(C#N)C(c2ccc(F)cc2Cl)C(C)=C(CCCO)N1. The number of nitrogens with one attached hydrogen (secondary N) is 1. The number of allylic oxidation sites excluding steroid dienone is 4. The van der Waals surface area contributed by atoms with Crippen molar-refractivity contribution in [1.82, 2.24) is 5.32 Å². The molecule has 1 aromatic carbocycles. The first-order chi connectivity index (χ1) is 10.5. The Morgan fingerprint density at radius 1 is 1.41 bits per heavy atom. The van der Waals surface area contributed by atoms with E-state index in [4.69, 9.17) is 16.7 Å². The number of hydrogen-bond acceptors (Lipinski definition) is 3. The van der Waals surface area contributed by atoms with Crippen LogP contribution in [0.3, 0.4) is 0 Å². The van der Waals surface area contributed by atoms with Crippen molar-refractivity contribution in [2.24, 2.45) is 0 Å². The summed E-state index contributed by atoms with van der Waals surface area (Å²) in [6.45, 7) is 3.89. The van der Waals surface area contributed by atoms with E-state index < -0.39 is 5.82 Å². The van der Waals surface area contributed by atoms with Crippen molar-refractivity contribution in [2.45, 2.75) is 32.6 Å². The first kappa shape index (κ1) is 16.5. The van der Waals surface area contributed by atoms with Crippen LogP contribution in [0, 0.1) is 17.1 Å². The Bertz CT molecular complexity index is 688. The molecule has 0 spiro atoms. The molecule has 22 heavy (non-hydrogen) atoms. The highest BCUT2D eigenvalue weighted by molar-refractivity contribution is 6.31. The molecule has 116 valence electrons. The average Bonchev–Trinajstić information content (AvgIpc) is 2.48. The Morgan fingerprint density at radius 2 is 2.14 bits per heavy atom. The number of hydrogen-bond donors (Lipinski definition) is 2. The van der Waals surface area contributed by atoms with Crippen LogP contribution in [0.15, 0.2) is 40.7 Å². The maximum absolute atomic E-state index is 13.3. The third kappa shape index (κ3) is 3.16. The van der Waals surface area contributed by atoms with Crippen molar-refractivity contribution in [3.8, 4) is 6.07 Å². The van der Waals surface area contributed by atoms with Gasteiger partial charge in [-0.3, -0.25) is 0 Å².